The quantitative estimate of drug-likeness (QED) is 0.358. The van der Waals surface area contributed by atoms with Gasteiger partial charge in [-0.25, -0.2) is 4.39 Å². The van der Waals surface area contributed by atoms with E-state index in [0.717, 1.165) is 30.6 Å². The summed E-state index contributed by atoms with van der Waals surface area (Å²) in [5.41, 5.74) is 2.79. The highest BCUT2D eigenvalue weighted by atomic mass is 19.1. The molecule has 1 aromatic carbocycles. The Morgan fingerprint density at radius 3 is 2.67 bits per heavy atom. The van der Waals surface area contributed by atoms with E-state index in [0.29, 0.717) is 29.8 Å². The van der Waals surface area contributed by atoms with Crippen LogP contribution in [0.1, 0.15) is 61.4 Å². The van der Waals surface area contributed by atoms with Gasteiger partial charge in [-0.3, -0.25) is 14.4 Å². The average Bonchev–Trinajstić information content (AvgIpc) is 3.45. The van der Waals surface area contributed by atoms with Crippen molar-refractivity contribution in [1.82, 2.24) is 19.8 Å². The van der Waals surface area contributed by atoms with Crippen molar-refractivity contribution in [2.45, 2.75) is 58.5 Å². The van der Waals surface area contributed by atoms with Gasteiger partial charge in [0.1, 0.15) is 17.6 Å². The molecule has 0 bridgehead atoms. The first-order valence-electron chi connectivity index (χ1n) is 14.6. The number of carbonyl (C=O) groups is 2. The first kappa shape index (κ1) is 30.4. The van der Waals surface area contributed by atoms with Crippen LogP contribution in [0.25, 0.3) is 11.1 Å². The number of amides is 2. The summed E-state index contributed by atoms with van der Waals surface area (Å²) < 4.78 is 26.5. The van der Waals surface area contributed by atoms with Gasteiger partial charge in [0.25, 0.3) is 17.4 Å². The number of pyridine rings is 2. The van der Waals surface area contributed by atoms with Crippen molar-refractivity contribution < 1.29 is 26.3 Å². The Morgan fingerprint density at radius 1 is 1.19 bits per heavy atom. The van der Waals surface area contributed by atoms with E-state index < -0.39 is 17.6 Å². The lowest BCUT2D eigenvalue weighted by atomic mass is 9.96. The van der Waals surface area contributed by atoms with Gasteiger partial charge in [0.15, 0.2) is 0 Å². The molecular weight excluding hydrogens is 553 g/mol. The van der Waals surface area contributed by atoms with Crippen molar-refractivity contribution in [2.75, 3.05) is 31.6 Å². The van der Waals surface area contributed by atoms with E-state index in [1.54, 1.807) is 37.5 Å². The van der Waals surface area contributed by atoms with E-state index in [2.05, 4.69) is 15.6 Å². The molecule has 0 aliphatic carbocycles. The predicted molar refractivity (Wildman–Crippen MR) is 166 cm³/mol. The predicted octanol–water partition coefficient (Wildman–Crippen LogP) is 4.35. The van der Waals surface area contributed by atoms with E-state index in [1.807, 2.05) is 32.9 Å². The number of alkyl halides is 1. The highest BCUT2D eigenvalue weighted by Crippen LogP contribution is 2.32. The molecule has 3 aromatic rings. The second-order valence-electron chi connectivity index (χ2n) is 11.5. The van der Waals surface area contributed by atoms with Crippen LogP contribution in [0.5, 0.6) is 5.88 Å². The molecule has 2 N–H and O–H groups in total. The fraction of sp³-hybridized carbons (Fsp3) is 0.438. The molecular formula is C32H42FN5O5. The fourth-order valence-corrected chi connectivity index (χ4v) is 5.28. The zero-order valence-corrected chi connectivity index (χ0v) is 25.0. The van der Waals surface area contributed by atoms with E-state index in [4.69, 9.17) is 9.47 Å². The summed E-state index contributed by atoms with van der Waals surface area (Å²) in [5.74, 6) is -0.477. The summed E-state index contributed by atoms with van der Waals surface area (Å²) in [6.45, 7) is 7.64. The van der Waals surface area contributed by atoms with Crippen molar-refractivity contribution in [3.8, 4) is 17.0 Å². The lowest BCUT2D eigenvalue weighted by Gasteiger charge is -2.34. The van der Waals surface area contributed by atoms with Crippen LogP contribution in [0.3, 0.4) is 0 Å². The molecule has 43 heavy (non-hydrogen) atoms. The van der Waals surface area contributed by atoms with Crippen molar-refractivity contribution in [3.63, 3.8) is 0 Å². The van der Waals surface area contributed by atoms with Gasteiger partial charge in [-0.15, -0.1) is 0 Å². The molecule has 2 aliphatic heterocycles. The summed E-state index contributed by atoms with van der Waals surface area (Å²) in [6.07, 6.45) is 2.71. The third-order valence-corrected chi connectivity index (χ3v) is 7.45. The number of hydrogen-bond acceptors (Lipinski definition) is 7. The normalized spacial score (nSPS) is 16.8. The summed E-state index contributed by atoms with van der Waals surface area (Å²) >= 11 is 0. The Labute approximate surface area is 253 Å². The number of likely N-dealkylation sites (tertiary alicyclic amines) is 1. The third-order valence-electron chi connectivity index (χ3n) is 7.45. The van der Waals surface area contributed by atoms with Crippen LogP contribution in [0.4, 0.5) is 10.2 Å². The van der Waals surface area contributed by atoms with Gasteiger partial charge in [0, 0.05) is 47.4 Å². The smallest absolute Gasteiger partial charge is 0.263 e. The summed E-state index contributed by atoms with van der Waals surface area (Å²) in [7, 11) is 1.61. The number of carbonyl (C=O) groups excluding carboxylic acids is 2. The van der Waals surface area contributed by atoms with Gasteiger partial charge in [-0.2, -0.15) is 4.98 Å². The molecule has 1 atom stereocenters. The first-order valence-corrected chi connectivity index (χ1v) is 14.6. The maximum absolute atomic E-state index is 13.5. The van der Waals surface area contributed by atoms with Crippen LogP contribution in [0.15, 0.2) is 47.4 Å². The van der Waals surface area contributed by atoms with Crippen molar-refractivity contribution in [3.05, 3.63) is 75.2 Å². The zero-order valence-electron chi connectivity index (χ0n) is 25.0. The number of halogens is 1. The van der Waals surface area contributed by atoms with Crippen molar-refractivity contribution in [1.29, 1.82) is 0 Å². The van der Waals surface area contributed by atoms with Gasteiger partial charge in [0.2, 0.25) is 5.88 Å². The molecule has 2 fully saturated rings. The Morgan fingerprint density at radius 2 is 1.98 bits per heavy atom. The van der Waals surface area contributed by atoms with E-state index in [9.17, 15) is 18.8 Å². The van der Waals surface area contributed by atoms with Crippen LogP contribution in [0, 0.1) is 6.92 Å². The van der Waals surface area contributed by atoms with Crippen LogP contribution in [-0.4, -0.2) is 70.9 Å². The van der Waals surface area contributed by atoms with Crippen LogP contribution in [-0.2, 0) is 18.3 Å². The molecule has 10 nitrogen and oxygen atoms in total. The SMILES string of the molecule is Cc1ccc(-c2cc(NC(=O)c3cc(CNC[C@@H]4CCCO4)cn(C)c3=O)nc(OC(C)C)c2)c(C(=O)N2CC(F)C2)c1.[HH].[HH]. The van der Waals surface area contributed by atoms with E-state index in [1.165, 1.54) is 9.47 Å². The van der Waals surface area contributed by atoms with Crippen molar-refractivity contribution >= 4 is 17.6 Å². The van der Waals surface area contributed by atoms with Crippen LogP contribution in [0.2, 0.25) is 0 Å². The summed E-state index contributed by atoms with van der Waals surface area (Å²) in [5, 5.41) is 6.10. The van der Waals surface area contributed by atoms with Crippen LogP contribution >= 0.6 is 0 Å². The zero-order chi connectivity index (χ0) is 30.7. The molecule has 5 rings (SSSR count). The number of benzene rings is 1. The second-order valence-corrected chi connectivity index (χ2v) is 11.5. The van der Waals surface area contributed by atoms with E-state index in [-0.39, 0.29) is 51.3 Å². The molecule has 2 amide bonds. The number of ether oxygens (including phenoxy) is 2. The second kappa shape index (κ2) is 13.0. The molecule has 11 heteroatoms. The molecule has 0 saturated carbocycles. The largest absolute Gasteiger partial charge is 0.475 e. The Balaban J connectivity index is 0.00000276. The third kappa shape index (κ3) is 7.29. The van der Waals surface area contributed by atoms with Gasteiger partial charge in [0.05, 0.1) is 25.3 Å². The minimum Gasteiger partial charge on any atom is -0.475 e. The number of nitrogens with one attached hydrogen (secondary N) is 2. The Hall–Kier alpha value is -4.09. The molecule has 2 saturated heterocycles. The van der Waals surface area contributed by atoms with Gasteiger partial charge < -0.3 is 29.6 Å². The molecule has 0 unspecified atom stereocenters. The maximum atomic E-state index is 13.5. The maximum Gasteiger partial charge on any atom is 0.263 e. The highest BCUT2D eigenvalue weighted by molar-refractivity contribution is 6.05. The molecule has 2 aliphatic rings. The number of nitrogens with zero attached hydrogens (tertiary/aromatic N) is 3. The molecule has 232 valence electrons. The lowest BCUT2D eigenvalue weighted by Crippen LogP contribution is -2.51. The lowest BCUT2D eigenvalue weighted by molar-refractivity contribution is 0.0401. The van der Waals surface area contributed by atoms with Gasteiger partial charge in [-0.1, -0.05) is 17.7 Å². The minimum absolute atomic E-state index is 0. The number of hydrogen-bond donors (Lipinski definition) is 2. The van der Waals surface area contributed by atoms with Crippen molar-refractivity contribution in [2.24, 2.45) is 7.05 Å². The topological polar surface area (TPSA) is 115 Å². The highest BCUT2D eigenvalue weighted by Gasteiger charge is 2.32. The molecule has 0 spiro atoms. The number of anilines is 1. The average molecular weight is 596 g/mol. The van der Waals surface area contributed by atoms with Gasteiger partial charge in [-0.05, 0) is 68.5 Å². The first-order chi connectivity index (χ1) is 20.6. The number of aromatic nitrogens is 2. The van der Waals surface area contributed by atoms with Crippen LogP contribution < -0.4 is 20.9 Å². The summed E-state index contributed by atoms with van der Waals surface area (Å²) in [6, 6.07) is 10.4. The Kier molecular flexibility index (Phi) is 9.22. The standard InChI is InChI=1S/C32H38FN5O5.2H2/c1-19(2)43-29-13-22(25-8-7-20(3)10-26(25)32(41)38-17-23(33)18-38)12-28(35-29)36-30(39)27-11-21(16-37(4)31(27)40)14-34-15-24-6-5-9-42-24;;/h7-8,10-13,16,19,23-24,34H,5-6,9,14-15,17-18H2,1-4H3,(H,35,36,39);2*1H/t24-;;/m0../s1. The Bertz CT molecular complexity index is 1570. The fourth-order valence-electron chi connectivity index (χ4n) is 5.28. The summed E-state index contributed by atoms with van der Waals surface area (Å²) in [4.78, 5) is 45.6. The number of rotatable bonds is 10. The molecule has 2 aromatic heterocycles. The minimum atomic E-state index is -1.02. The molecule has 4 heterocycles. The molecule has 0 radical (unpaired) electrons. The van der Waals surface area contributed by atoms with E-state index >= 15 is 0 Å². The van der Waals surface area contributed by atoms with Gasteiger partial charge >= 0.3 is 0 Å². The number of aryl methyl sites for hydroxylation is 2. The monoisotopic (exact) mass is 595 g/mol.